The number of nitrogens with one attached hydrogen (secondary N) is 2. The van der Waals surface area contributed by atoms with Gasteiger partial charge in [0.25, 0.3) is 5.91 Å². The molecule has 4 rings (SSSR count). The highest BCUT2D eigenvalue weighted by molar-refractivity contribution is 6.10. The second-order valence-corrected chi connectivity index (χ2v) is 8.11. The van der Waals surface area contributed by atoms with E-state index < -0.39 is 41.7 Å². The third-order valence-electron chi connectivity index (χ3n) is 5.65. The van der Waals surface area contributed by atoms with Crippen LogP contribution in [0.2, 0.25) is 0 Å². The fraction of sp³-hybridized carbons (Fsp3) is 0.348. The van der Waals surface area contributed by atoms with Crippen molar-refractivity contribution < 1.29 is 46.5 Å². The van der Waals surface area contributed by atoms with E-state index in [9.17, 15) is 27.6 Å². The van der Waals surface area contributed by atoms with E-state index in [1.54, 1.807) is 18.2 Å². The zero-order valence-electron chi connectivity index (χ0n) is 19.2. The summed E-state index contributed by atoms with van der Waals surface area (Å²) in [6, 6.07) is 6.48. The summed E-state index contributed by atoms with van der Waals surface area (Å²) in [5.74, 6) is -0.764. The number of hydrogen-bond acceptors (Lipinski definition) is 7. The lowest BCUT2D eigenvalue weighted by Crippen LogP contribution is -2.42. The molecule has 4 amide bonds. The highest BCUT2D eigenvalue weighted by atomic mass is 19.4. The van der Waals surface area contributed by atoms with Crippen LogP contribution in [0.5, 0.6) is 17.2 Å². The molecule has 2 aromatic carbocycles. The molecule has 10 nitrogen and oxygen atoms in total. The predicted octanol–water partition coefficient (Wildman–Crippen LogP) is 2.87. The van der Waals surface area contributed by atoms with Gasteiger partial charge in [0.2, 0.25) is 12.7 Å². The van der Waals surface area contributed by atoms with Crippen molar-refractivity contribution in [1.29, 1.82) is 0 Å². The first-order valence-corrected chi connectivity index (χ1v) is 10.7. The minimum atomic E-state index is -4.66. The SMILES string of the molecule is COCCOc1ccc(C(F)(F)F)cc1NC(=O)CN1C(=O)N[C@@](C)(c2ccc3c(c2)OCO3)C1=O. The summed E-state index contributed by atoms with van der Waals surface area (Å²) in [7, 11) is 1.42. The lowest BCUT2D eigenvalue weighted by Gasteiger charge is -2.22. The molecule has 13 heteroatoms. The number of hydrogen-bond donors (Lipinski definition) is 2. The number of ether oxygens (including phenoxy) is 4. The fourth-order valence-electron chi connectivity index (χ4n) is 3.74. The number of nitrogens with zero attached hydrogens (tertiary/aromatic N) is 1. The quantitative estimate of drug-likeness (QED) is 0.415. The summed E-state index contributed by atoms with van der Waals surface area (Å²) in [6.45, 7) is 0.936. The Bertz CT molecular complexity index is 1200. The number of carbonyl (C=O) groups excluding carboxylic acids is 3. The third kappa shape index (κ3) is 4.87. The van der Waals surface area contributed by atoms with Gasteiger partial charge in [-0.15, -0.1) is 0 Å². The van der Waals surface area contributed by atoms with Gasteiger partial charge in [0.1, 0.15) is 24.4 Å². The smallest absolute Gasteiger partial charge is 0.416 e. The maximum absolute atomic E-state index is 13.2. The number of halogens is 3. The molecule has 36 heavy (non-hydrogen) atoms. The average molecular weight is 509 g/mol. The second kappa shape index (κ2) is 9.57. The van der Waals surface area contributed by atoms with Gasteiger partial charge in [0.05, 0.1) is 17.9 Å². The highest BCUT2D eigenvalue weighted by Gasteiger charge is 2.50. The Morgan fingerprint density at radius 1 is 1.14 bits per heavy atom. The van der Waals surface area contributed by atoms with Gasteiger partial charge in [0.15, 0.2) is 11.5 Å². The Balaban J connectivity index is 1.51. The van der Waals surface area contributed by atoms with Crippen LogP contribution < -0.4 is 24.8 Å². The molecule has 0 unspecified atom stereocenters. The first kappa shape index (κ1) is 25.1. The van der Waals surface area contributed by atoms with E-state index in [2.05, 4.69) is 10.6 Å². The molecule has 0 radical (unpaired) electrons. The van der Waals surface area contributed by atoms with Gasteiger partial charge >= 0.3 is 12.2 Å². The minimum Gasteiger partial charge on any atom is -0.489 e. The van der Waals surface area contributed by atoms with Crippen molar-refractivity contribution in [3.8, 4) is 17.2 Å². The number of urea groups is 1. The molecule has 2 N–H and O–H groups in total. The van der Waals surface area contributed by atoms with E-state index in [1.165, 1.54) is 14.0 Å². The van der Waals surface area contributed by atoms with E-state index in [0.717, 1.165) is 12.1 Å². The van der Waals surface area contributed by atoms with Crippen LogP contribution in [0.3, 0.4) is 0 Å². The molecule has 0 aliphatic carbocycles. The average Bonchev–Trinajstić information content (AvgIpc) is 3.37. The number of methoxy groups -OCH3 is 1. The van der Waals surface area contributed by atoms with E-state index >= 15 is 0 Å². The molecular weight excluding hydrogens is 487 g/mol. The monoisotopic (exact) mass is 509 g/mol. The van der Waals surface area contributed by atoms with Crippen molar-refractivity contribution in [2.24, 2.45) is 0 Å². The van der Waals surface area contributed by atoms with Crippen molar-refractivity contribution in [2.75, 3.05) is 39.0 Å². The number of benzene rings is 2. The summed E-state index contributed by atoms with van der Waals surface area (Å²) in [5.41, 5.74) is -2.37. The van der Waals surface area contributed by atoms with Gasteiger partial charge < -0.3 is 29.6 Å². The number of amides is 4. The molecule has 0 saturated carbocycles. The molecule has 0 bridgehead atoms. The Morgan fingerprint density at radius 3 is 2.61 bits per heavy atom. The Hall–Kier alpha value is -4.00. The van der Waals surface area contributed by atoms with Gasteiger partial charge in [-0.1, -0.05) is 6.07 Å². The van der Waals surface area contributed by atoms with Crippen LogP contribution in [-0.4, -0.2) is 56.4 Å². The summed E-state index contributed by atoms with van der Waals surface area (Å²) in [4.78, 5) is 39.1. The summed E-state index contributed by atoms with van der Waals surface area (Å²) in [6.07, 6.45) is -4.66. The van der Waals surface area contributed by atoms with Crippen molar-refractivity contribution in [1.82, 2.24) is 10.2 Å². The predicted molar refractivity (Wildman–Crippen MR) is 118 cm³/mol. The van der Waals surface area contributed by atoms with E-state index in [0.29, 0.717) is 28.0 Å². The molecule has 0 aromatic heterocycles. The molecule has 1 fully saturated rings. The Kier molecular flexibility index (Phi) is 6.67. The Morgan fingerprint density at radius 2 is 1.89 bits per heavy atom. The molecule has 0 spiro atoms. The number of fused-ring (bicyclic) bond motifs is 1. The maximum Gasteiger partial charge on any atom is 0.416 e. The summed E-state index contributed by atoms with van der Waals surface area (Å²) in [5, 5.41) is 4.86. The molecule has 1 atom stereocenters. The van der Waals surface area contributed by atoms with E-state index in [4.69, 9.17) is 18.9 Å². The summed E-state index contributed by atoms with van der Waals surface area (Å²) >= 11 is 0. The van der Waals surface area contributed by atoms with E-state index in [-0.39, 0.29) is 31.4 Å². The summed E-state index contributed by atoms with van der Waals surface area (Å²) < 4.78 is 60.4. The molecule has 192 valence electrons. The number of imide groups is 1. The van der Waals surface area contributed by atoms with Crippen LogP contribution in [0.1, 0.15) is 18.1 Å². The largest absolute Gasteiger partial charge is 0.489 e. The van der Waals surface area contributed by atoms with Gasteiger partial charge in [0, 0.05) is 7.11 Å². The first-order chi connectivity index (χ1) is 17.0. The molecule has 2 heterocycles. The molecule has 2 aromatic rings. The van der Waals surface area contributed by atoms with Crippen LogP contribution in [0.25, 0.3) is 0 Å². The third-order valence-corrected chi connectivity index (χ3v) is 5.65. The number of alkyl halides is 3. The normalized spacial score (nSPS) is 18.9. The van der Waals surface area contributed by atoms with Crippen LogP contribution in [0, 0.1) is 0 Å². The number of carbonyl (C=O) groups is 3. The molecule has 1 saturated heterocycles. The van der Waals surface area contributed by atoms with Crippen molar-refractivity contribution in [2.45, 2.75) is 18.6 Å². The van der Waals surface area contributed by atoms with E-state index in [1.807, 2.05) is 0 Å². The van der Waals surface area contributed by atoms with Gasteiger partial charge in [-0.25, -0.2) is 4.79 Å². The zero-order chi connectivity index (χ0) is 26.1. The van der Waals surface area contributed by atoms with Crippen molar-refractivity contribution in [3.63, 3.8) is 0 Å². The molecule has 2 aliphatic heterocycles. The van der Waals surface area contributed by atoms with Gasteiger partial charge in [-0.2, -0.15) is 13.2 Å². The van der Waals surface area contributed by atoms with Crippen LogP contribution in [0.4, 0.5) is 23.7 Å². The molecule has 2 aliphatic rings. The fourth-order valence-corrected chi connectivity index (χ4v) is 3.74. The zero-order valence-corrected chi connectivity index (χ0v) is 19.2. The lowest BCUT2D eigenvalue weighted by molar-refractivity contribution is -0.137. The van der Waals surface area contributed by atoms with Crippen molar-refractivity contribution >= 4 is 23.5 Å². The molecular formula is C23H22F3N3O7. The van der Waals surface area contributed by atoms with Crippen LogP contribution in [0.15, 0.2) is 36.4 Å². The van der Waals surface area contributed by atoms with Crippen molar-refractivity contribution in [3.05, 3.63) is 47.5 Å². The number of anilines is 1. The van der Waals surface area contributed by atoms with Crippen LogP contribution >= 0.6 is 0 Å². The minimum absolute atomic E-state index is 0.0195. The lowest BCUT2D eigenvalue weighted by atomic mass is 9.91. The van der Waals surface area contributed by atoms with Crippen LogP contribution in [-0.2, 0) is 26.0 Å². The van der Waals surface area contributed by atoms with Gasteiger partial charge in [-0.3, -0.25) is 14.5 Å². The Labute approximate surface area is 203 Å². The second-order valence-electron chi connectivity index (χ2n) is 8.11. The number of rotatable bonds is 8. The standard InChI is InChI=1S/C23H22F3N3O7/c1-22(13-3-6-17-18(10-13)36-12-35-17)20(31)29(21(32)28-22)11-19(30)27-15-9-14(23(24,25)26)4-5-16(15)34-8-7-33-2/h3-6,9-10H,7-8,11-12H2,1-2H3,(H,27,30)(H,28,32)/t22-/m0/s1. The first-order valence-electron chi connectivity index (χ1n) is 10.7. The van der Waals surface area contributed by atoms with Gasteiger partial charge in [-0.05, 0) is 42.8 Å². The maximum atomic E-state index is 13.2. The highest BCUT2D eigenvalue weighted by Crippen LogP contribution is 2.38. The topological polar surface area (TPSA) is 115 Å².